The average Bonchev–Trinajstić information content (AvgIpc) is 3.03. The molecule has 102 valence electrons. The number of nitro groups is 1. The molecule has 2 aromatic rings. The minimum absolute atomic E-state index is 0.159. The van der Waals surface area contributed by atoms with Crippen LogP contribution in [0, 0.1) is 10.1 Å². The molecule has 19 heavy (non-hydrogen) atoms. The third-order valence-corrected chi connectivity index (χ3v) is 2.44. The van der Waals surface area contributed by atoms with Gasteiger partial charge in [0.05, 0.1) is 6.07 Å². The highest BCUT2D eigenvalue weighted by molar-refractivity contribution is 5.45. The third kappa shape index (κ3) is 3.38. The molecular weight excluding hydrogens is 252 g/mol. The predicted molar refractivity (Wildman–Crippen MR) is 65.5 cm³/mol. The Morgan fingerprint density at radius 1 is 1.37 bits per heavy atom. The number of hydrogen-bond donors (Lipinski definition) is 1. The molecule has 0 spiro atoms. The van der Waals surface area contributed by atoms with Gasteiger partial charge in [-0.2, -0.15) is 0 Å². The number of hydrogen-bond acceptors (Lipinski definition) is 7. The molecule has 0 radical (unpaired) electrons. The molecule has 8 heteroatoms. The lowest BCUT2D eigenvalue weighted by Gasteiger charge is -1.97. The fraction of sp³-hybridized carbons (Fsp3) is 0.455. The van der Waals surface area contributed by atoms with Crippen LogP contribution in [0.4, 0.5) is 5.88 Å². The van der Waals surface area contributed by atoms with E-state index in [0.717, 1.165) is 19.5 Å². The first kappa shape index (κ1) is 13.2. The second-order valence-corrected chi connectivity index (χ2v) is 3.85. The normalized spacial score (nSPS) is 10.8. The van der Waals surface area contributed by atoms with Crippen LogP contribution in [0.2, 0.25) is 0 Å². The van der Waals surface area contributed by atoms with Gasteiger partial charge in [-0.15, -0.1) is 10.2 Å². The first-order chi connectivity index (χ1) is 9.20. The molecule has 0 saturated carbocycles. The first-order valence-corrected chi connectivity index (χ1v) is 5.98. The average molecular weight is 266 g/mol. The van der Waals surface area contributed by atoms with Crippen molar-refractivity contribution in [2.24, 2.45) is 0 Å². The van der Waals surface area contributed by atoms with Gasteiger partial charge >= 0.3 is 5.88 Å². The Balaban J connectivity index is 1.97. The van der Waals surface area contributed by atoms with Crippen LogP contribution in [-0.2, 0) is 6.42 Å². The van der Waals surface area contributed by atoms with Crippen molar-refractivity contribution in [1.82, 2.24) is 15.5 Å². The van der Waals surface area contributed by atoms with Crippen molar-refractivity contribution in [2.75, 3.05) is 13.1 Å². The Morgan fingerprint density at radius 3 is 2.89 bits per heavy atom. The highest BCUT2D eigenvalue weighted by atomic mass is 16.6. The van der Waals surface area contributed by atoms with Gasteiger partial charge in [-0.05, 0) is 25.6 Å². The van der Waals surface area contributed by atoms with E-state index in [1.54, 1.807) is 0 Å². The number of nitrogens with zero attached hydrogens (tertiary/aromatic N) is 3. The Morgan fingerprint density at radius 2 is 2.21 bits per heavy atom. The summed E-state index contributed by atoms with van der Waals surface area (Å²) in [6, 6.07) is 2.69. The van der Waals surface area contributed by atoms with Crippen LogP contribution in [0.1, 0.15) is 19.2 Å². The predicted octanol–water partition coefficient (Wildman–Crippen LogP) is 1.78. The van der Waals surface area contributed by atoms with E-state index in [1.165, 1.54) is 12.1 Å². The summed E-state index contributed by atoms with van der Waals surface area (Å²) in [7, 11) is 0. The summed E-state index contributed by atoms with van der Waals surface area (Å²) < 4.78 is 10.4. The second-order valence-electron chi connectivity index (χ2n) is 3.85. The molecule has 0 fully saturated rings. The fourth-order valence-corrected chi connectivity index (χ4v) is 1.54. The molecule has 0 bridgehead atoms. The van der Waals surface area contributed by atoms with Crippen LogP contribution in [0.25, 0.3) is 11.7 Å². The van der Waals surface area contributed by atoms with Crippen molar-refractivity contribution in [2.45, 2.75) is 19.8 Å². The number of aryl methyl sites for hydroxylation is 1. The molecule has 2 rings (SSSR count). The summed E-state index contributed by atoms with van der Waals surface area (Å²) in [4.78, 5) is 9.88. The molecule has 0 aliphatic heterocycles. The standard InChI is InChI=1S/C11H14N4O4/c1-2-12-7-3-4-9-13-14-11(19-9)8-5-6-10(18-8)15(16)17/h5-6,12H,2-4,7H2,1H3. The Labute approximate surface area is 109 Å². The van der Waals surface area contributed by atoms with E-state index in [1.807, 2.05) is 6.92 Å². The van der Waals surface area contributed by atoms with Gasteiger partial charge in [-0.3, -0.25) is 10.1 Å². The van der Waals surface area contributed by atoms with Gasteiger partial charge in [0.25, 0.3) is 5.89 Å². The lowest BCUT2D eigenvalue weighted by atomic mass is 10.3. The van der Waals surface area contributed by atoms with E-state index < -0.39 is 4.92 Å². The van der Waals surface area contributed by atoms with Crippen molar-refractivity contribution in [3.05, 3.63) is 28.1 Å². The van der Waals surface area contributed by atoms with Gasteiger partial charge in [0.15, 0.2) is 5.76 Å². The minimum atomic E-state index is -0.614. The second kappa shape index (κ2) is 6.10. The Kier molecular flexibility index (Phi) is 4.24. The molecular formula is C11H14N4O4. The smallest absolute Gasteiger partial charge is 0.418 e. The molecule has 0 aliphatic rings. The maximum Gasteiger partial charge on any atom is 0.433 e. The van der Waals surface area contributed by atoms with Crippen LogP contribution in [0.15, 0.2) is 21.0 Å². The van der Waals surface area contributed by atoms with Crippen LogP contribution in [-0.4, -0.2) is 28.2 Å². The molecule has 2 heterocycles. The first-order valence-electron chi connectivity index (χ1n) is 5.98. The molecule has 0 amide bonds. The van der Waals surface area contributed by atoms with Crippen LogP contribution in [0.5, 0.6) is 0 Å². The van der Waals surface area contributed by atoms with Gasteiger partial charge in [0.2, 0.25) is 5.89 Å². The lowest BCUT2D eigenvalue weighted by Crippen LogP contribution is -2.14. The summed E-state index contributed by atoms with van der Waals surface area (Å²) in [6.07, 6.45) is 1.54. The topological polar surface area (TPSA) is 107 Å². The Bertz CT molecular complexity index is 548. The largest absolute Gasteiger partial charge is 0.433 e. The van der Waals surface area contributed by atoms with E-state index >= 15 is 0 Å². The van der Waals surface area contributed by atoms with Crippen LogP contribution in [0.3, 0.4) is 0 Å². The van der Waals surface area contributed by atoms with Gasteiger partial charge in [-0.25, -0.2) is 0 Å². The van der Waals surface area contributed by atoms with E-state index in [9.17, 15) is 10.1 Å². The van der Waals surface area contributed by atoms with Crippen molar-refractivity contribution in [3.8, 4) is 11.7 Å². The molecule has 0 saturated heterocycles. The highest BCUT2D eigenvalue weighted by Crippen LogP contribution is 2.24. The van der Waals surface area contributed by atoms with Crippen LogP contribution >= 0.6 is 0 Å². The van der Waals surface area contributed by atoms with Crippen LogP contribution < -0.4 is 5.32 Å². The summed E-state index contributed by atoms with van der Waals surface area (Å²) in [5.74, 6) is 0.512. The van der Waals surface area contributed by atoms with Crippen molar-refractivity contribution in [1.29, 1.82) is 0 Å². The molecule has 8 nitrogen and oxygen atoms in total. The fourth-order valence-electron chi connectivity index (χ4n) is 1.54. The molecule has 2 aromatic heterocycles. The van der Waals surface area contributed by atoms with E-state index in [4.69, 9.17) is 8.83 Å². The van der Waals surface area contributed by atoms with Gasteiger partial charge < -0.3 is 14.2 Å². The summed E-state index contributed by atoms with van der Waals surface area (Å²) in [6.45, 7) is 3.83. The molecule has 0 aliphatic carbocycles. The number of furan rings is 1. The lowest BCUT2D eigenvalue weighted by molar-refractivity contribution is -0.401. The van der Waals surface area contributed by atoms with E-state index in [0.29, 0.717) is 12.3 Å². The Hall–Kier alpha value is -2.22. The number of rotatable bonds is 7. The summed E-state index contributed by atoms with van der Waals surface area (Å²) in [5, 5.41) is 21.4. The molecule has 0 unspecified atom stereocenters. The van der Waals surface area contributed by atoms with Gasteiger partial charge in [0, 0.05) is 6.42 Å². The third-order valence-electron chi connectivity index (χ3n) is 2.44. The molecule has 1 N–H and O–H groups in total. The monoisotopic (exact) mass is 266 g/mol. The quantitative estimate of drug-likeness (QED) is 0.462. The maximum atomic E-state index is 10.5. The maximum absolute atomic E-state index is 10.5. The zero-order valence-electron chi connectivity index (χ0n) is 10.5. The summed E-state index contributed by atoms with van der Waals surface area (Å²) >= 11 is 0. The van der Waals surface area contributed by atoms with E-state index in [2.05, 4.69) is 15.5 Å². The van der Waals surface area contributed by atoms with Gasteiger partial charge in [0.1, 0.15) is 4.92 Å². The molecule has 0 atom stereocenters. The van der Waals surface area contributed by atoms with Gasteiger partial charge in [-0.1, -0.05) is 6.92 Å². The zero-order chi connectivity index (χ0) is 13.7. The molecule has 0 aromatic carbocycles. The summed E-state index contributed by atoms with van der Waals surface area (Å²) in [5.41, 5.74) is 0. The highest BCUT2D eigenvalue weighted by Gasteiger charge is 2.17. The van der Waals surface area contributed by atoms with E-state index in [-0.39, 0.29) is 17.5 Å². The number of nitrogens with one attached hydrogen (secondary N) is 1. The minimum Gasteiger partial charge on any atom is -0.418 e. The zero-order valence-corrected chi connectivity index (χ0v) is 10.5. The number of aromatic nitrogens is 2. The SMILES string of the molecule is CCNCCCc1nnc(-c2ccc([N+](=O)[O-])o2)o1. The van der Waals surface area contributed by atoms with Crippen molar-refractivity contribution in [3.63, 3.8) is 0 Å². The van der Waals surface area contributed by atoms with Crippen molar-refractivity contribution >= 4 is 5.88 Å². The van der Waals surface area contributed by atoms with Crippen molar-refractivity contribution < 1.29 is 13.8 Å².